The van der Waals surface area contributed by atoms with Crippen LogP contribution in [0.5, 0.6) is 0 Å². The van der Waals surface area contributed by atoms with Crippen LogP contribution in [0.25, 0.3) is 11.4 Å². The maximum atomic E-state index is 4.60. The maximum Gasteiger partial charge on any atom is 0.160 e. The molecule has 0 radical (unpaired) electrons. The molecule has 0 aliphatic carbocycles. The molecule has 0 saturated heterocycles. The van der Waals surface area contributed by atoms with Gasteiger partial charge in [-0.3, -0.25) is 0 Å². The SMILES string of the molecule is CCCCc1cnc(-c2ccc(CCCC)cc2S)nc1. The topological polar surface area (TPSA) is 25.8 Å². The smallest absolute Gasteiger partial charge is 0.160 e. The molecule has 21 heavy (non-hydrogen) atoms. The standard InChI is InChI=1S/C18H24N2S/c1-3-5-7-14-9-10-16(17(21)11-14)18-19-12-15(13-20-18)8-6-4-2/h9-13,21H,3-8H2,1-2H3. The van der Waals surface area contributed by atoms with Crippen molar-refractivity contribution >= 4 is 12.6 Å². The Morgan fingerprint density at radius 2 is 1.52 bits per heavy atom. The van der Waals surface area contributed by atoms with Crippen molar-refractivity contribution in [2.45, 2.75) is 57.3 Å². The number of thiol groups is 1. The van der Waals surface area contributed by atoms with Crippen LogP contribution in [0.4, 0.5) is 0 Å². The fourth-order valence-corrected chi connectivity index (χ4v) is 2.65. The monoisotopic (exact) mass is 300 g/mol. The minimum absolute atomic E-state index is 0.766. The first-order valence-electron chi connectivity index (χ1n) is 7.87. The van der Waals surface area contributed by atoms with E-state index in [-0.39, 0.29) is 0 Å². The predicted octanol–water partition coefficient (Wildman–Crippen LogP) is 5.12. The number of aromatic nitrogens is 2. The first-order valence-corrected chi connectivity index (χ1v) is 8.32. The molecule has 0 bridgehead atoms. The van der Waals surface area contributed by atoms with E-state index in [2.05, 4.69) is 54.6 Å². The quantitative estimate of drug-likeness (QED) is 0.718. The molecular formula is C18H24N2S. The minimum atomic E-state index is 0.766. The van der Waals surface area contributed by atoms with Gasteiger partial charge in [0, 0.05) is 22.9 Å². The summed E-state index contributed by atoms with van der Waals surface area (Å²) in [6, 6.07) is 6.40. The summed E-state index contributed by atoms with van der Waals surface area (Å²) in [5, 5.41) is 0. The molecule has 0 amide bonds. The lowest BCUT2D eigenvalue weighted by Crippen LogP contribution is -1.94. The lowest BCUT2D eigenvalue weighted by atomic mass is 10.1. The molecule has 0 fully saturated rings. The van der Waals surface area contributed by atoms with E-state index in [9.17, 15) is 0 Å². The van der Waals surface area contributed by atoms with E-state index in [1.54, 1.807) is 0 Å². The molecule has 0 aliphatic heterocycles. The Bertz CT molecular complexity index is 564. The molecule has 1 aromatic heterocycles. The van der Waals surface area contributed by atoms with E-state index in [0.29, 0.717) is 0 Å². The van der Waals surface area contributed by atoms with Crippen molar-refractivity contribution in [3.63, 3.8) is 0 Å². The van der Waals surface area contributed by atoms with E-state index in [1.165, 1.54) is 36.8 Å². The summed E-state index contributed by atoms with van der Waals surface area (Å²) in [6.07, 6.45) is 10.9. The fraction of sp³-hybridized carbons (Fsp3) is 0.444. The largest absolute Gasteiger partial charge is 0.236 e. The Kier molecular flexibility index (Phi) is 6.24. The van der Waals surface area contributed by atoms with Gasteiger partial charge in [0.2, 0.25) is 0 Å². The zero-order valence-corrected chi connectivity index (χ0v) is 13.9. The second kappa shape index (κ2) is 8.18. The number of unbranched alkanes of at least 4 members (excludes halogenated alkanes) is 2. The van der Waals surface area contributed by atoms with Crippen LogP contribution in [0.1, 0.15) is 50.7 Å². The average Bonchev–Trinajstić information content (AvgIpc) is 2.52. The van der Waals surface area contributed by atoms with Gasteiger partial charge in [0.15, 0.2) is 5.82 Å². The Balaban J connectivity index is 2.13. The molecule has 3 heteroatoms. The molecule has 0 N–H and O–H groups in total. The van der Waals surface area contributed by atoms with Gasteiger partial charge in [-0.05, 0) is 48.9 Å². The third-order valence-corrected chi connectivity index (χ3v) is 4.02. The lowest BCUT2D eigenvalue weighted by Gasteiger charge is -2.07. The summed E-state index contributed by atoms with van der Waals surface area (Å²) in [6.45, 7) is 4.41. The second-order valence-electron chi connectivity index (χ2n) is 5.47. The zero-order chi connectivity index (χ0) is 15.1. The van der Waals surface area contributed by atoms with Gasteiger partial charge in [-0.2, -0.15) is 0 Å². The van der Waals surface area contributed by atoms with Crippen LogP contribution < -0.4 is 0 Å². The Morgan fingerprint density at radius 1 is 0.905 bits per heavy atom. The van der Waals surface area contributed by atoms with Gasteiger partial charge in [0.1, 0.15) is 0 Å². The van der Waals surface area contributed by atoms with Crippen molar-refractivity contribution in [3.05, 3.63) is 41.7 Å². The van der Waals surface area contributed by atoms with Crippen LogP contribution in [-0.2, 0) is 12.8 Å². The molecule has 0 aliphatic rings. The van der Waals surface area contributed by atoms with E-state index < -0.39 is 0 Å². The number of hydrogen-bond acceptors (Lipinski definition) is 3. The Labute approximate surface area is 133 Å². The summed E-state index contributed by atoms with van der Waals surface area (Å²) >= 11 is 4.60. The van der Waals surface area contributed by atoms with Gasteiger partial charge in [0.05, 0.1) is 0 Å². The van der Waals surface area contributed by atoms with Crippen molar-refractivity contribution < 1.29 is 0 Å². The number of hydrogen-bond donors (Lipinski definition) is 1. The normalized spacial score (nSPS) is 10.8. The molecule has 2 nitrogen and oxygen atoms in total. The molecule has 0 spiro atoms. The van der Waals surface area contributed by atoms with Crippen LogP contribution in [0.15, 0.2) is 35.5 Å². The molecule has 0 atom stereocenters. The van der Waals surface area contributed by atoms with Crippen molar-refractivity contribution in [3.8, 4) is 11.4 Å². The molecular weight excluding hydrogens is 276 g/mol. The van der Waals surface area contributed by atoms with Crippen LogP contribution in [-0.4, -0.2) is 9.97 Å². The van der Waals surface area contributed by atoms with Gasteiger partial charge in [0.25, 0.3) is 0 Å². The van der Waals surface area contributed by atoms with Crippen molar-refractivity contribution in [2.75, 3.05) is 0 Å². The molecule has 0 saturated carbocycles. The van der Waals surface area contributed by atoms with Gasteiger partial charge >= 0.3 is 0 Å². The number of nitrogens with zero attached hydrogens (tertiary/aromatic N) is 2. The highest BCUT2D eigenvalue weighted by Gasteiger charge is 2.07. The maximum absolute atomic E-state index is 4.60. The third-order valence-electron chi connectivity index (χ3n) is 3.65. The molecule has 1 heterocycles. The van der Waals surface area contributed by atoms with E-state index in [1.807, 2.05) is 12.4 Å². The minimum Gasteiger partial charge on any atom is -0.236 e. The molecule has 112 valence electrons. The molecule has 2 aromatic rings. The van der Waals surface area contributed by atoms with Crippen LogP contribution in [0.2, 0.25) is 0 Å². The van der Waals surface area contributed by atoms with Gasteiger partial charge in [-0.25, -0.2) is 9.97 Å². The van der Waals surface area contributed by atoms with Crippen LogP contribution in [0.3, 0.4) is 0 Å². The summed E-state index contributed by atoms with van der Waals surface area (Å²) in [4.78, 5) is 9.95. The molecule has 0 unspecified atom stereocenters. The highest BCUT2D eigenvalue weighted by Crippen LogP contribution is 2.25. The molecule has 1 aromatic carbocycles. The average molecular weight is 300 g/mol. The first-order chi connectivity index (χ1) is 10.2. The Hall–Kier alpha value is -1.35. The highest BCUT2D eigenvalue weighted by atomic mass is 32.1. The van der Waals surface area contributed by atoms with Crippen molar-refractivity contribution in [1.82, 2.24) is 9.97 Å². The van der Waals surface area contributed by atoms with E-state index in [0.717, 1.165) is 29.1 Å². The van der Waals surface area contributed by atoms with Crippen LogP contribution >= 0.6 is 12.6 Å². The van der Waals surface area contributed by atoms with Crippen LogP contribution in [0, 0.1) is 0 Å². The summed E-state index contributed by atoms with van der Waals surface area (Å²) < 4.78 is 0. The molecule has 2 rings (SSSR count). The second-order valence-corrected chi connectivity index (χ2v) is 5.96. The van der Waals surface area contributed by atoms with E-state index in [4.69, 9.17) is 0 Å². The zero-order valence-electron chi connectivity index (χ0n) is 13.0. The lowest BCUT2D eigenvalue weighted by molar-refractivity contribution is 0.788. The van der Waals surface area contributed by atoms with Gasteiger partial charge in [-0.1, -0.05) is 32.8 Å². The predicted molar refractivity (Wildman–Crippen MR) is 91.9 cm³/mol. The third kappa shape index (κ3) is 4.57. The number of benzene rings is 1. The highest BCUT2D eigenvalue weighted by molar-refractivity contribution is 7.80. The fourth-order valence-electron chi connectivity index (χ4n) is 2.31. The van der Waals surface area contributed by atoms with Gasteiger partial charge in [-0.15, -0.1) is 12.6 Å². The first kappa shape index (κ1) is 16.0. The summed E-state index contributed by atoms with van der Waals surface area (Å²) in [5.74, 6) is 0.766. The van der Waals surface area contributed by atoms with Gasteiger partial charge < -0.3 is 0 Å². The number of rotatable bonds is 7. The van der Waals surface area contributed by atoms with Crippen molar-refractivity contribution in [2.24, 2.45) is 0 Å². The number of aryl methyl sites for hydroxylation is 2. The summed E-state index contributed by atoms with van der Waals surface area (Å²) in [7, 11) is 0. The summed E-state index contributed by atoms with van der Waals surface area (Å²) in [5.41, 5.74) is 3.56. The van der Waals surface area contributed by atoms with E-state index >= 15 is 0 Å². The van der Waals surface area contributed by atoms with Crippen molar-refractivity contribution in [1.29, 1.82) is 0 Å². The Morgan fingerprint density at radius 3 is 2.10 bits per heavy atom.